The summed E-state index contributed by atoms with van der Waals surface area (Å²) in [6, 6.07) is 1.72. The quantitative estimate of drug-likeness (QED) is 0.853. The van der Waals surface area contributed by atoms with Gasteiger partial charge in [0.05, 0.1) is 24.8 Å². The van der Waals surface area contributed by atoms with Gasteiger partial charge in [-0.05, 0) is 26.8 Å². The Bertz CT molecular complexity index is 411. The van der Waals surface area contributed by atoms with E-state index in [0.717, 1.165) is 13.1 Å². The first-order valence-corrected chi connectivity index (χ1v) is 7.21. The second-order valence-corrected chi connectivity index (χ2v) is 5.45. The summed E-state index contributed by atoms with van der Waals surface area (Å²) in [5, 5.41) is 7.39. The van der Waals surface area contributed by atoms with Gasteiger partial charge < -0.3 is 15.0 Å². The van der Waals surface area contributed by atoms with Crippen LogP contribution in [-0.4, -0.2) is 58.5 Å². The number of carbonyl (C=O) groups is 1. The molecule has 2 heterocycles. The average molecular weight is 280 g/mol. The van der Waals surface area contributed by atoms with Crippen molar-refractivity contribution in [1.82, 2.24) is 20.0 Å². The molecule has 3 atom stereocenters. The van der Waals surface area contributed by atoms with E-state index in [0.29, 0.717) is 13.1 Å². The standard InChI is InChI=1S/C14H24N4O2/c1-11-9-17(10-12(2)20-11)14(19)13(3)15-6-8-18-7-4-5-16-18/h4-5,7,11-13,15H,6,8-10H2,1-3H3/t11-,12+,13-/m1/s1. The van der Waals surface area contributed by atoms with Crippen LogP contribution in [0.25, 0.3) is 0 Å². The van der Waals surface area contributed by atoms with Gasteiger partial charge in [-0.2, -0.15) is 5.10 Å². The Morgan fingerprint density at radius 2 is 2.15 bits per heavy atom. The number of nitrogens with one attached hydrogen (secondary N) is 1. The van der Waals surface area contributed by atoms with Gasteiger partial charge in [0.25, 0.3) is 0 Å². The molecule has 6 nitrogen and oxygen atoms in total. The van der Waals surface area contributed by atoms with E-state index in [1.807, 2.05) is 42.6 Å². The lowest BCUT2D eigenvalue weighted by atomic mass is 10.2. The summed E-state index contributed by atoms with van der Waals surface area (Å²) in [5.74, 6) is 0.146. The van der Waals surface area contributed by atoms with Gasteiger partial charge in [-0.15, -0.1) is 0 Å². The molecule has 1 aromatic rings. The third-order valence-electron chi connectivity index (χ3n) is 3.45. The van der Waals surface area contributed by atoms with E-state index in [9.17, 15) is 4.79 Å². The summed E-state index contributed by atoms with van der Waals surface area (Å²) in [6.07, 6.45) is 3.89. The third kappa shape index (κ3) is 4.05. The van der Waals surface area contributed by atoms with Crippen LogP contribution in [0.2, 0.25) is 0 Å². The van der Waals surface area contributed by atoms with Gasteiger partial charge in [0.1, 0.15) is 0 Å². The molecule has 1 aliphatic heterocycles. The van der Waals surface area contributed by atoms with Crippen molar-refractivity contribution >= 4 is 5.91 Å². The number of nitrogens with zero attached hydrogens (tertiary/aromatic N) is 3. The highest BCUT2D eigenvalue weighted by Crippen LogP contribution is 2.11. The molecule has 2 rings (SSSR count). The van der Waals surface area contributed by atoms with Gasteiger partial charge in [-0.25, -0.2) is 0 Å². The first-order chi connectivity index (χ1) is 9.56. The van der Waals surface area contributed by atoms with Crippen LogP contribution < -0.4 is 5.32 Å². The summed E-state index contributed by atoms with van der Waals surface area (Å²) in [5.41, 5.74) is 0. The Labute approximate surface area is 120 Å². The maximum absolute atomic E-state index is 12.4. The van der Waals surface area contributed by atoms with Gasteiger partial charge in [0, 0.05) is 32.0 Å². The van der Waals surface area contributed by atoms with E-state index in [1.165, 1.54) is 0 Å². The summed E-state index contributed by atoms with van der Waals surface area (Å²) in [6.45, 7) is 8.76. The van der Waals surface area contributed by atoms with Crippen molar-refractivity contribution < 1.29 is 9.53 Å². The van der Waals surface area contributed by atoms with Gasteiger partial charge >= 0.3 is 0 Å². The van der Waals surface area contributed by atoms with Crippen molar-refractivity contribution in [1.29, 1.82) is 0 Å². The zero-order valence-electron chi connectivity index (χ0n) is 12.5. The molecule has 0 radical (unpaired) electrons. The molecule has 6 heteroatoms. The molecule has 1 aromatic heterocycles. The minimum atomic E-state index is -0.178. The highest BCUT2D eigenvalue weighted by atomic mass is 16.5. The molecule has 20 heavy (non-hydrogen) atoms. The normalized spacial score (nSPS) is 24.6. The van der Waals surface area contributed by atoms with Gasteiger partial charge in [-0.3, -0.25) is 9.48 Å². The number of rotatable bonds is 5. The molecule has 1 saturated heterocycles. The predicted octanol–water partition coefficient (Wildman–Crippen LogP) is 0.497. The first-order valence-electron chi connectivity index (χ1n) is 7.21. The molecular weight excluding hydrogens is 256 g/mol. The first kappa shape index (κ1) is 15.0. The molecule has 0 saturated carbocycles. The zero-order valence-corrected chi connectivity index (χ0v) is 12.5. The van der Waals surface area contributed by atoms with Gasteiger partial charge in [0.2, 0.25) is 5.91 Å². The van der Waals surface area contributed by atoms with Crippen LogP contribution >= 0.6 is 0 Å². The fourth-order valence-electron chi connectivity index (χ4n) is 2.55. The molecule has 1 N–H and O–H groups in total. The van der Waals surface area contributed by atoms with Crippen LogP contribution in [0.5, 0.6) is 0 Å². The van der Waals surface area contributed by atoms with Crippen LogP contribution in [0.15, 0.2) is 18.5 Å². The average Bonchev–Trinajstić information content (AvgIpc) is 2.89. The van der Waals surface area contributed by atoms with Crippen LogP contribution in [-0.2, 0) is 16.1 Å². The molecule has 1 amide bonds. The monoisotopic (exact) mass is 280 g/mol. The van der Waals surface area contributed by atoms with E-state index in [1.54, 1.807) is 6.20 Å². The van der Waals surface area contributed by atoms with Crippen molar-refractivity contribution in [2.24, 2.45) is 0 Å². The molecule has 0 bridgehead atoms. The Balaban J connectivity index is 1.76. The molecule has 0 aliphatic carbocycles. The van der Waals surface area contributed by atoms with Crippen LogP contribution in [0, 0.1) is 0 Å². The molecule has 0 unspecified atom stereocenters. The van der Waals surface area contributed by atoms with E-state index in [4.69, 9.17) is 4.74 Å². The lowest BCUT2D eigenvalue weighted by Crippen LogP contribution is -2.53. The second kappa shape index (κ2) is 6.85. The number of hydrogen-bond donors (Lipinski definition) is 1. The smallest absolute Gasteiger partial charge is 0.239 e. The summed E-state index contributed by atoms with van der Waals surface area (Å²) in [7, 11) is 0. The predicted molar refractivity (Wildman–Crippen MR) is 76.3 cm³/mol. The molecule has 112 valence electrons. The lowest BCUT2D eigenvalue weighted by Gasteiger charge is -2.36. The highest BCUT2D eigenvalue weighted by molar-refractivity contribution is 5.81. The van der Waals surface area contributed by atoms with Crippen molar-refractivity contribution in [2.75, 3.05) is 19.6 Å². The van der Waals surface area contributed by atoms with Crippen molar-refractivity contribution in [3.05, 3.63) is 18.5 Å². The summed E-state index contributed by atoms with van der Waals surface area (Å²) >= 11 is 0. The maximum atomic E-state index is 12.4. The summed E-state index contributed by atoms with van der Waals surface area (Å²) in [4.78, 5) is 14.3. The van der Waals surface area contributed by atoms with Crippen molar-refractivity contribution in [2.45, 2.75) is 45.6 Å². The second-order valence-electron chi connectivity index (χ2n) is 5.45. The van der Waals surface area contributed by atoms with Gasteiger partial charge in [0.15, 0.2) is 0 Å². The fourth-order valence-corrected chi connectivity index (χ4v) is 2.55. The largest absolute Gasteiger partial charge is 0.372 e. The Morgan fingerprint density at radius 3 is 2.75 bits per heavy atom. The Hall–Kier alpha value is -1.40. The Kier molecular flexibility index (Phi) is 5.14. The SMILES string of the molecule is C[C@@H]1CN(C(=O)[C@@H](C)NCCn2cccn2)C[C@H](C)O1. The van der Waals surface area contributed by atoms with E-state index in [2.05, 4.69) is 10.4 Å². The van der Waals surface area contributed by atoms with Crippen LogP contribution in [0.3, 0.4) is 0 Å². The zero-order chi connectivity index (χ0) is 14.5. The topological polar surface area (TPSA) is 59.4 Å². The fraction of sp³-hybridized carbons (Fsp3) is 0.714. The molecular formula is C14H24N4O2. The Morgan fingerprint density at radius 1 is 1.45 bits per heavy atom. The van der Waals surface area contributed by atoms with Crippen LogP contribution in [0.4, 0.5) is 0 Å². The minimum Gasteiger partial charge on any atom is -0.372 e. The van der Waals surface area contributed by atoms with Crippen molar-refractivity contribution in [3.63, 3.8) is 0 Å². The molecule has 0 aromatic carbocycles. The number of hydrogen-bond acceptors (Lipinski definition) is 4. The minimum absolute atomic E-state index is 0.110. The summed E-state index contributed by atoms with van der Waals surface area (Å²) < 4.78 is 7.50. The van der Waals surface area contributed by atoms with Crippen LogP contribution in [0.1, 0.15) is 20.8 Å². The maximum Gasteiger partial charge on any atom is 0.239 e. The third-order valence-corrected chi connectivity index (χ3v) is 3.45. The number of carbonyl (C=O) groups excluding carboxylic acids is 1. The van der Waals surface area contributed by atoms with E-state index < -0.39 is 0 Å². The highest BCUT2D eigenvalue weighted by Gasteiger charge is 2.28. The van der Waals surface area contributed by atoms with Gasteiger partial charge in [-0.1, -0.05) is 0 Å². The lowest BCUT2D eigenvalue weighted by molar-refractivity contribution is -0.144. The van der Waals surface area contributed by atoms with E-state index in [-0.39, 0.29) is 24.2 Å². The number of morpholine rings is 1. The number of ether oxygens (including phenoxy) is 1. The molecule has 1 fully saturated rings. The number of amides is 1. The number of aromatic nitrogens is 2. The molecule has 1 aliphatic rings. The van der Waals surface area contributed by atoms with E-state index >= 15 is 0 Å². The molecule has 0 spiro atoms. The van der Waals surface area contributed by atoms with Crippen molar-refractivity contribution in [3.8, 4) is 0 Å².